The molecule has 0 unspecified atom stereocenters. The van der Waals surface area contributed by atoms with Crippen LogP contribution in [-0.2, 0) is 14.9 Å². The molecule has 1 fully saturated rings. The first-order chi connectivity index (χ1) is 14.5. The van der Waals surface area contributed by atoms with Crippen LogP contribution in [0.3, 0.4) is 0 Å². The smallest absolute Gasteiger partial charge is 0.235 e. The summed E-state index contributed by atoms with van der Waals surface area (Å²) in [4.78, 5) is 18.2. The Morgan fingerprint density at radius 2 is 1.93 bits per heavy atom. The van der Waals surface area contributed by atoms with E-state index < -0.39 is 5.41 Å². The van der Waals surface area contributed by atoms with Crippen LogP contribution >= 0.6 is 0 Å². The van der Waals surface area contributed by atoms with Gasteiger partial charge in [-0.2, -0.15) is 0 Å². The van der Waals surface area contributed by atoms with Crippen LogP contribution in [-0.4, -0.2) is 30.2 Å². The molecule has 2 aromatic carbocycles. The van der Waals surface area contributed by atoms with Gasteiger partial charge < -0.3 is 14.8 Å². The van der Waals surface area contributed by atoms with Crippen LogP contribution in [0.5, 0.6) is 5.75 Å². The van der Waals surface area contributed by atoms with Crippen molar-refractivity contribution >= 4 is 22.5 Å². The number of hydrogen-bond donors (Lipinski definition) is 1. The minimum absolute atomic E-state index is 0.000851. The van der Waals surface area contributed by atoms with Gasteiger partial charge in [0.25, 0.3) is 0 Å². The van der Waals surface area contributed by atoms with Gasteiger partial charge in [-0.25, -0.2) is 0 Å². The Labute approximate surface area is 177 Å². The zero-order valence-electron chi connectivity index (χ0n) is 17.8. The minimum atomic E-state index is -0.605. The topological polar surface area (TPSA) is 60.5 Å². The summed E-state index contributed by atoms with van der Waals surface area (Å²) >= 11 is 0. The molecular formula is C25H28N2O3. The molecule has 0 spiro atoms. The van der Waals surface area contributed by atoms with Gasteiger partial charge >= 0.3 is 0 Å². The van der Waals surface area contributed by atoms with E-state index in [9.17, 15) is 4.79 Å². The third-order valence-corrected chi connectivity index (χ3v) is 5.70. The molecule has 0 atom stereocenters. The van der Waals surface area contributed by atoms with Crippen LogP contribution in [0.1, 0.15) is 37.8 Å². The predicted octanol–water partition coefficient (Wildman–Crippen LogP) is 5.02. The van der Waals surface area contributed by atoms with E-state index in [4.69, 9.17) is 9.47 Å². The molecule has 1 N–H and O–H groups in total. The number of nitrogens with one attached hydrogen (secondary N) is 1. The van der Waals surface area contributed by atoms with Crippen LogP contribution in [0.25, 0.3) is 10.9 Å². The summed E-state index contributed by atoms with van der Waals surface area (Å²) in [5, 5.41) is 4.07. The average Bonchev–Trinajstić information content (AvgIpc) is 2.75. The van der Waals surface area contributed by atoms with Crippen molar-refractivity contribution in [3.8, 4) is 5.75 Å². The zero-order chi connectivity index (χ0) is 21.1. The van der Waals surface area contributed by atoms with E-state index in [0.29, 0.717) is 26.1 Å². The Hall–Kier alpha value is -2.92. The molecule has 1 aromatic heterocycles. The van der Waals surface area contributed by atoms with E-state index >= 15 is 0 Å². The molecule has 30 heavy (non-hydrogen) atoms. The molecule has 2 heterocycles. The van der Waals surface area contributed by atoms with Crippen molar-refractivity contribution in [1.29, 1.82) is 0 Å². The highest BCUT2D eigenvalue weighted by Gasteiger charge is 2.42. The Kier molecular flexibility index (Phi) is 5.73. The van der Waals surface area contributed by atoms with E-state index in [1.165, 1.54) is 0 Å². The van der Waals surface area contributed by atoms with Crippen molar-refractivity contribution < 1.29 is 14.3 Å². The van der Waals surface area contributed by atoms with Gasteiger partial charge in [-0.1, -0.05) is 29.8 Å². The maximum absolute atomic E-state index is 13.7. The highest BCUT2D eigenvalue weighted by Crippen LogP contribution is 2.38. The third kappa shape index (κ3) is 3.90. The number of carbonyl (C=O) groups excluding carboxylic acids is 1. The number of carbonyl (C=O) groups is 1. The molecule has 4 rings (SSSR count). The van der Waals surface area contributed by atoms with E-state index in [1.54, 1.807) is 6.20 Å². The highest BCUT2D eigenvalue weighted by atomic mass is 16.5. The second kappa shape index (κ2) is 8.44. The van der Waals surface area contributed by atoms with Crippen molar-refractivity contribution in [2.24, 2.45) is 0 Å². The number of aryl methyl sites for hydroxylation is 1. The molecule has 3 aromatic rings. The normalized spacial score (nSPS) is 15.9. The van der Waals surface area contributed by atoms with Crippen LogP contribution in [0.4, 0.5) is 5.69 Å². The maximum atomic E-state index is 13.7. The van der Waals surface area contributed by atoms with Gasteiger partial charge in [0.2, 0.25) is 5.91 Å². The Balaban J connectivity index is 1.72. The molecule has 1 saturated heterocycles. The Morgan fingerprint density at radius 3 is 2.67 bits per heavy atom. The van der Waals surface area contributed by atoms with Crippen LogP contribution in [0.15, 0.2) is 54.7 Å². The summed E-state index contributed by atoms with van der Waals surface area (Å²) in [6.45, 7) is 7.18. The molecule has 1 aliphatic heterocycles. The second-order valence-electron chi connectivity index (χ2n) is 8.20. The second-order valence-corrected chi connectivity index (χ2v) is 8.20. The first kappa shape index (κ1) is 20.4. The fourth-order valence-electron chi connectivity index (χ4n) is 4.16. The number of nitrogens with zero attached hydrogens (tertiary/aromatic N) is 1. The molecule has 1 amide bonds. The van der Waals surface area contributed by atoms with Gasteiger partial charge in [-0.15, -0.1) is 0 Å². The Bertz CT molecular complexity index is 1060. The van der Waals surface area contributed by atoms with Gasteiger partial charge in [-0.3, -0.25) is 9.78 Å². The highest BCUT2D eigenvalue weighted by molar-refractivity contribution is 6.06. The molecular weight excluding hydrogens is 376 g/mol. The van der Waals surface area contributed by atoms with E-state index in [2.05, 4.69) is 35.4 Å². The zero-order valence-corrected chi connectivity index (χ0v) is 17.8. The fraction of sp³-hybridized carbons (Fsp3) is 0.360. The van der Waals surface area contributed by atoms with Crippen molar-refractivity contribution in [3.63, 3.8) is 0 Å². The summed E-state index contributed by atoms with van der Waals surface area (Å²) in [7, 11) is 0. The summed E-state index contributed by atoms with van der Waals surface area (Å²) in [6, 6.07) is 15.9. The lowest BCUT2D eigenvalue weighted by Crippen LogP contribution is -2.44. The van der Waals surface area contributed by atoms with Gasteiger partial charge in [0.05, 0.1) is 17.2 Å². The summed E-state index contributed by atoms with van der Waals surface area (Å²) < 4.78 is 11.5. The van der Waals surface area contributed by atoms with Gasteiger partial charge in [0.1, 0.15) is 11.3 Å². The van der Waals surface area contributed by atoms with Crippen molar-refractivity contribution in [1.82, 2.24) is 4.98 Å². The van der Waals surface area contributed by atoms with E-state index in [0.717, 1.165) is 33.5 Å². The van der Waals surface area contributed by atoms with Gasteiger partial charge in [0.15, 0.2) is 0 Å². The lowest BCUT2D eigenvalue weighted by atomic mass is 9.73. The summed E-state index contributed by atoms with van der Waals surface area (Å²) in [6.07, 6.45) is 3.11. The predicted molar refractivity (Wildman–Crippen MR) is 119 cm³/mol. The number of anilines is 1. The van der Waals surface area contributed by atoms with E-state index in [1.807, 2.05) is 44.2 Å². The SMILES string of the molecule is Cc1cccc(C2(C(=O)Nc3ccc(OC(C)C)c4ncccc34)CCOCC2)c1. The van der Waals surface area contributed by atoms with Gasteiger partial charge in [-0.05, 0) is 63.4 Å². The van der Waals surface area contributed by atoms with Crippen LogP contribution in [0, 0.1) is 6.92 Å². The molecule has 0 bridgehead atoms. The first-order valence-corrected chi connectivity index (χ1v) is 10.5. The number of rotatable bonds is 5. The quantitative estimate of drug-likeness (QED) is 0.649. The molecule has 0 saturated carbocycles. The van der Waals surface area contributed by atoms with Crippen molar-refractivity contribution in [3.05, 3.63) is 65.9 Å². The summed E-state index contributed by atoms with van der Waals surface area (Å²) in [5.74, 6) is 0.720. The fourth-order valence-corrected chi connectivity index (χ4v) is 4.16. The number of benzene rings is 2. The lowest BCUT2D eigenvalue weighted by Gasteiger charge is -2.36. The number of pyridine rings is 1. The molecule has 156 valence electrons. The third-order valence-electron chi connectivity index (χ3n) is 5.70. The molecule has 0 radical (unpaired) electrons. The standard InChI is InChI=1S/C25H28N2O3/c1-17(2)30-22-10-9-21(20-8-5-13-26-23(20)22)27-24(28)25(11-14-29-15-12-25)19-7-4-6-18(3)16-19/h4-10,13,16-17H,11-12,14-15H2,1-3H3,(H,27,28). The number of amides is 1. The van der Waals surface area contributed by atoms with Crippen molar-refractivity contribution in [2.75, 3.05) is 18.5 Å². The molecule has 5 nitrogen and oxygen atoms in total. The van der Waals surface area contributed by atoms with Crippen LogP contribution < -0.4 is 10.1 Å². The van der Waals surface area contributed by atoms with Crippen molar-refractivity contribution in [2.45, 2.75) is 45.1 Å². The average molecular weight is 405 g/mol. The molecule has 5 heteroatoms. The lowest BCUT2D eigenvalue weighted by molar-refractivity contribution is -0.125. The number of hydrogen-bond acceptors (Lipinski definition) is 4. The van der Waals surface area contributed by atoms with E-state index in [-0.39, 0.29) is 12.0 Å². The Morgan fingerprint density at radius 1 is 1.13 bits per heavy atom. The molecule has 0 aliphatic carbocycles. The van der Waals surface area contributed by atoms with Crippen LogP contribution in [0.2, 0.25) is 0 Å². The van der Waals surface area contributed by atoms with Gasteiger partial charge in [0, 0.05) is 24.8 Å². The molecule has 1 aliphatic rings. The largest absolute Gasteiger partial charge is 0.489 e. The monoisotopic (exact) mass is 404 g/mol. The number of ether oxygens (including phenoxy) is 2. The summed E-state index contributed by atoms with van der Waals surface area (Å²) in [5.41, 5.74) is 3.09. The maximum Gasteiger partial charge on any atom is 0.235 e. The first-order valence-electron chi connectivity index (χ1n) is 10.5. The minimum Gasteiger partial charge on any atom is -0.489 e. The number of aromatic nitrogens is 1. The number of fused-ring (bicyclic) bond motifs is 1.